The van der Waals surface area contributed by atoms with Crippen molar-refractivity contribution in [1.82, 2.24) is 15.3 Å². The normalized spacial score (nSPS) is 12.1. The van der Waals surface area contributed by atoms with Crippen LogP contribution >= 0.6 is 0 Å². The number of carbonyl (C=O) groups is 2. The Labute approximate surface area is 292 Å². The number of nitrogens with one attached hydrogen (secondary N) is 3. The summed E-state index contributed by atoms with van der Waals surface area (Å²) in [5, 5.41) is 7.30. The van der Waals surface area contributed by atoms with E-state index in [1.165, 1.54) is 12.3 Å². The highest BCUT2D eigenvalue weighted by atomic mass is 19.4. The second-order valence-corrected chi connectivity index (χ2v) is 10.7. The Hall–Kier alpha value is -6.16. The molecule has 0 aliphatic carbocycles. The summed E-state index contributed by atoms with van der Waals surface area (Å²) < 4.78 is 65.4. The molecular formula is C38H35F5N6O2. The molecule has 264 valence electrons. The van der Waals surface area contributed by atoms with Gasteiger partial charge in [-0.25, -0.2) is 18.7 Å². The molecule has 51 heavy (non-hydrogen) atoms. The summed E-state index contributed by atoms with van der Waals surface area (Å²) >= 11 is 0. The van der Waals surface area contributed by atoms with Crippen LogP contribution in [-0.2, 0) is 17.8 Å². The summed E-state index contributed by atoms with van der Waals surface area (Å²) in [6, 6.07) is 17.8. The number of hydrogen-bond donors (Lipinski definition) is 3. The average Bonchev–Trinajstić information content (AvgIpc) is 3.10. The van der Waals surface area contributed by atoms with E-state index in [0.29, 0.717) is 33.9 Å². The smallest absolute Gasteiger partial charge is 0.344 e. The van der Waals surface area contributed by atoms with Gasteiger partial charge in [0.05, 0.1) is 5.69 Å². The molecule has 0 radical (unpaired) electrons. The van der Waals surface area contributed by atoms with Crippen molar-refractivity contribution in [3.05, 3.63) is 137 Å². The Balaban J connectivity index is 0.000000688. The van der Waals surface area contributed by atoms with Crippen LogP contribution < -0.4 is 16.0 Å². The molecule has 0 aliphatic heterocycles. The molecule has 8 nitrogen and oxygen atoms in total. The van der Waals surface area contributed by atoms with E-state index >= 15 is 0 Å². The van der Waals surface area contributed by atoms with Crippen LogP contribution in [0.1, 0.15) is 41.0 Å². The zero-order chi connectivity index (χ0) is 37.4. The Morgan fingerprint density at radius 1 is 0.980 bits per heavy atom. The molecule has 0 spiro atoms. The summed E-state index contributed by atoms with van der Waals surface area (Å²) in [6.45, 7) is 3.64. The molecule has 3 N–H and O–H groups in total. The van der Waals surface area contributed by atoms with E-state index in [1.807, 2.05) is 43.5 Å². The van der Waals surface area contributed by atoms with Gasteiger partial charge in [0.2, 0.25) is 5.95 Å². The SMILES string of the molecule is C#CC(C)/C=C\C=C/C.CN=C(Cc1ccnc(Nc2cccc(CNC(=O)C(F)(F)F)c2)n1)c1cccc(NC(=O)c2c(F)cccc2F)c1. The molecule has 1 aromatic heterocycles. The number of halogens is 5. The highest BCUT2D eigenvalue weighted by molar-refractivity contribution is 6.06. The number of terminal acetylenes is 1. The predicted octanol–water partition coefficient (Wildman–Crippen LogP) is 7.98. The summed E-state index contributed by atoms with van der Waals surface area (Å²) in [7, 11) is 1.58. The molecule has 4 rings (SSSR count). The zero-order valence-corrected chi connectivity index (χ0v) is 27.9. The number of carbonyl (C=O) groups excluding carboxylic acids is 2. The van der Waals surface area contributed by atoms with E-state index in [0.717, 1.165) is 12.1 Å². The highest BCUT2D eigenvalue weighted by Crippen LogP contribution is 2.20. The summed E-state index contributed by atoms with van der Waals surface area (Å²) in [4.78, 5) is 36.6. The molecule has 0 bridgehead atoms. The first kappa shape index (κ1) is 39.3. The van der Waals surface area contributed by atoms with Gasteiger partial charge in [-0.2, -0.15) is 13.2 Å². The zero-order valence-electron chi connectivity index (χ0n) is 27.9. The van der Waals surface area contributed by atoms with Gasteiger partial charge < -0.3 is 16.0 Å². The first-order chi connectivity index (χ1) is 24.3. The second kappa shape index (κ2) is 19.1. The minimum absolute atomic E-state index is 0.215. The Bertz CT molecular complexity index is 1930. The number of alkyl halides is 3. The molecule has 1 unspecified atom stereocenters. The fourth-order valence-electron chi connectivity index (χ4n) is 4.29. The summed E-state index contributed by atoms with van der Waals surface area (Å²) in [5.41, 5.74) is 2.33. The number of benzene rings is 3. The lowest BCUT2D eigenvalue weighted by Crippen LogP contribution is -2.36. The van der Waals surface area contributed by atoms with Crippen molar-refractivity contribution in [2.45, 2.75) is 33.0 Å². The molecular weight excluding hydrogens is 667 g/mol. The van der Waals surface area contributed by atoms with Crippen molar-refractivity contribution in [2.24, 2.45) is 10.9 Å². The van der Waals surface area contributed by atoms with Gasteiger partial charge in [-0.1, -0.05) is 60.6 Å². The Kier molecular flexibility index (Phi) is 14.7. The summed E-state index contributed by atoms with van der Waals surface area (Å²) in [6.07, 6.45) is 9.82. The van der Waals surface area contributed by atoms with Gasteiger partial charge in [0.15, 0.2) is 0 Å². The number of allylic oxidation sites excluding steroid dienone is 4. The van der Waals surface area contributed by atoms with Gasteiger partial charge in [0.25, 0.3) is 5.91 Å². The van der Waals surface area contributed by atoms with Crippen molar-refractivity contribution >= 4 is 34.8 Å². The van der Waals surface area contributed by atoms with Gasteiger partial charge in [-0.05, 0) is 67.4 Å². The number of nitrogens with zero attached hydrogens (tertiary/aromatic N) is 3. The fourth-order valence-corrected chi connectivity index (χ4v) is 4.29. The minimum atomic E-state index is -4.97. The van der Waals surface area contributed by atoms with Crippen LogP contribution in [0, 0.1) is 29.9 Å². The van der Waals surface area contributed by atoms with Crippen molar-refractivity contribution in [3.63, 3.8) is 0 Å². The van der Waals surface area contributed by atoms with E-state index in [9.17, 15) is 31.5 Å². The van der Waals surface area contributed by atoms with Gasteiger partial charge in [0.1, 0.15) is 17.2 Å². The van der Waals surface area contributed by atoms with Crippen LogP contribution in [0.2, 0.25) is 0 Å². The van der Waals surface area contributed by atoms with Crippen LogP contribution in [0.25, 0.3) is 0 Å². The topological polar surface area (TPSA) is 108 Å². The van der Waals surface area contributed by atoms with E-state index in [4.69, 9.17) is 6.42 Å². The third-order valence-corrected chi connectivity index (χ3v) is 6.84. The molecule has 1 atom stereocenters. The van der Waals surface area contributed by atoms with Crippen molar-refractivity contribution in [1.29, 1.82) is 0 Å². The van der Waals surface area contributed by atoms with Gasteiger partial charge in [-0.15, -0.1) is 6.42 Å². The molecule has 1 heterocycles. The van der Waals surface area contributed by atoms with Crippen LogP contribution in [0.15, 0.2) is 108 Å². The fraction of sp³-hybridized carbons (Fsp3) is 0.184. The third-order valence-electron chi connectivity index (χ3n) is 6.84. The van der Waals surface area contributed by atoms with Crippen LogP contribution in [0.3, 0.4) is 0 Å². The Morgan fingerprint density at radius 3 is 2.33 bits per heavy atom. The predicted molar refractivity (Wildman–Crippen MR) is 189 cm³/mol. The molecule has 0 saturated heterocycles. The van der Waals surface area contributed by atoms with Crippen LogP contribution in [0.5, 0.6) is 0 Å². The quantitative estimate of drug-likeness (QED) is 0.0636. The third kappa shape index (κ3) is 12.7. The van der Waals surface area contributed by atoms with Crippen LogP contribution in [-0.4, -0.2) is 40.7 Å². The molecule has 13 heteroatoms. The lowest BCUT2D eigenvalue weighted by atomic mass is 10.0. The first-order valence-corrected chi connectivity index (χ1v) is 15.4. The molecule has 0 saturated carbocycles. The highest BCUT2D eigenvalue weighted by Gasteiger charge is 2.38. The lowest BCUT2D eigenvalue weighted by Gasteiger charge is -2.12. The molecule has 2 amide bonds. The second-order valence-electron chi connectivity index (χ2n) is 10.7. The number of hydrogen-bond acceptors (Lipinski definition) is 6. The van der Waals surface area contributed by atoms with Gasteiger partial charge in [0, 0.05) is 49.2 Å². The van der Waals surface area contributed by atoms with Crippen LogP contribution in [0.4, 0.5) is 39.3 Å². The maximum atomic E-state index is 14.0. The van der Waals surface area contributed by atoms with Gasteiger partial charge >= 0.3 is 12.1 Å². The number of aromatic nitrogens is 2. The summed E-state index contributed by atoms with van der Waals surface area (Å²) in [5.74, 6) is -1.85. The maximum Gasteiger partial charge on any atom is 0.471 e. The van der Waals surface area contributed by atoms with E-state index in [2.05, 4.69) is 31.5 Å². The first-order valence-electron chi connectivity index (χ1n) is 15.4. The maximum absolute atomic E-state index is 14.0. The number of anilines is 3. The van der Waals surface area contributed by atoms with Crippen molar-refractivity contribution in [3.8, 4) is 12.3 Å². The standard InChI is InChI=1S/C29H23F5N6O2.C9H12/c1-35-24(18-6-3-8-20(14-18)38-26(41)25-22(30)9-4-10-23(25)31)15-21-11-12-36-28(40-21)39-19-7-2-5-17(13-19)16-37-27(42)29(32,33)34;1-4-6-7-8-9(3)5-2/h2-14H,15-16H2,1H3,(H,37,42)(H,38,41)(H,36,39,40);2,4,6-9H,1,3H3/b;6-4-,8-7-. The molecule has 0 fully saturated rings. The number of amides is 2. The minimum Gasteiger partial charge on any atom is -0.344 e. The average molecular weight is 703 g/mol. The monoisotopic (exact) mass is 702 g/mol. The van der Waals surface area contributed by atoms with Crippen molar-refractivity contribution in [2.75, 3.05) is 17.7 Å². The van der Waals surface area contributed by atoms with Crippen molar-refractivity contribution < 1.29 is 31.5 Å². The lowest BCUT2D eigenvalue weighted by molar-refractivity contribution is -0.173. The molecule has 3 aromatic carbocycles. The molecule has 4 aromatic rings. The molecule has 0 aliphatic rings. The Morgan fingerprint density at radius 2 is 1.67 bits per heavy atom. The van der Waals surface area contributed by atoms with E-state index in [1.54, 1.807) is 61.6 Å². The number of aliphatic imine (C=N–C) groups is 1. The van der Waals surface area contributed by atoms with E-state index < -0.39 is 35.2 Å². The van der Waals surface area contributed by atoms with E-state index in [-0.39, 0.29) is 24.8 Å². The number of rotatable bonds is 11. The largest absolute Gasteiger partial charge is 0.471 e. The van der Waals surface area contributed by atoms with Gasteiger partial charge in [-0.3, -0.25) is 14.6 Å².